The normalized spacial score (nSPS) is 23.4. The van der Waals surface area contributed by atoms with Crippen LogP contribution in [0.2, 0.25) is 5.02 Å². The highest BCUT2D eigenvalue weighted by molar-refractivity contribution is 7.22. The van der Waals surface area contributed by atoms with Crippen LogP contribution in [0, 0.1) is 0 Å². The molecule has 3 heterocycles. The van der Waals surface area contributed by atoms with Gasteiger partial charge in [-0.25, -0.2) is 4.98 Å². The standard InChI is InChI=1S/C28H29ClN2O9S/c1-14(39-28-25(35)24(34)23(33)21(11-32)40-28)12-38-19-8-7-17(9-20(19)37-2)31-13-30-18-10-22(41-26(18)27(31)36)15-3-5-16(29)6-4-15/h3-10,13-14,21,23-25,28,32-35H,11-12H2,1-2H3/t14?,21-,23-,24+,25-,28+/m1/s1. The van der Waals surface area contributed by atoms with Crippen molar-refractivity contribution in [3.05, 3.63) is 70.2 Å². The Labute approximate surface area is 243 Å². The molecule has 0 spiro atoms. The number of hydrogen-bond donors (Lipinski definition) is 4. The molecule has 1 unspecified atom stereocenters. The minimum Gasteiger partial charge on any atom is -0.493 e. The maximum absolute atomic E-state index is 13.4. The Morgan fingerprint density at radius 1 is 1.07 bits per heavy atom. The average molecular weight is 605 g/mol. The minimum absolute atomic E-state index is 0.0147. The highest BCUT2D eigenvalue weighted by atomic mass is 35.5. The lowest BCUT2D eigenvalue weighted by Gasteiger charge is -2.40. The lowest BCUT2D eigenvalue weighted by Crippen LogP contribution is -2.59. The lowest BCUT2D eigenvalue weighted by atomic mass is 9.99. The zero-order chi connectivity index (χ0) is 29.3. The number of halogens is 1. The van der Waals surface area contributed by atoms with Gasteiger partial charge in [-0.1, -0.05) is 23.7 Å². The van der Waals surface area contributed by atoms with Gasteiger partial charge in [0, 0.05) is 16.0 Å². The summed E-state index contributed by atoms with van der Waals surface area (Å²) in [4.78, 5) is 18.8. The third-order valence-corrected chi connectivity index (χ3v) is 8.09. The number of aliphatic hydroxyl groups is 4. The molecule has 4 N–H and O–H groups in total. The fraction of sp³-hybridized carbons (Fsp3) is 0.357. The van der Waals surface area contributed by atoms with Crippen molar-refractivity contribution in [2.24, 2.45) is 0 Å². The Bertz CT molecular complexity index is 1560. The molecule has 5 rings (SSSR count). The number of fused-ring (bicyclic) bond motifs is 1. The molecule has 2 aromatic heterocycles. The molecule has 1 fully saturated rings. The Kier molecular flexibility index (Phi) is 8.92. The first-order chi connectivity index (χ1) is 19.7. The van der Waals surface area contributed by atoms with Crippen LogP contribution in [-0.4, -0.2) is 87.1 Å². The van der Waals surface area contributed by atoms with Gasteiger partial charge in [-0.2, -0.15) is 0 Å². The van der Waals surface area contributed by atoms with E-state index >= 15 is 0 Å². The quantitative estimate of drug-likeness (QED) is 0.224. The van der Waals surface area contributed by atoms with Gasteiger partial charge in [-0.3, -0.25) is 9.36 Å². The molecule has 41 heavy (non-hydrogen) atoms. The van der Waals surface area contributed by atoms with Crippen molar-refractivity contribution >= 4 is 33.2 Å². The predicted octanol–water partition coefficient (Wildman–Crippen LogP) is 2.36. The number of hydrogen-bond acceptors (Lipinski definition) is 11. The summed E-state index contributed by atoms with van der Waals surface area (Å²) in [5, 5.41) is 40.1. The molecule has 0 aliphatic carbocycles. The van der Waals surface area contributed by atoms with Gasteiger partial charge in [-0.15, -0.1) is 11.3 Å². The maximum atomic E-state index is 13.4. The van der Waals surface area contributed by atoms with Crippen molar-refractivity contribution in [1.29, 1.82) is 0 Å². The minimum atomic E-state index is -1.54. The fourth-order valence-electron chi connectivity index (χ4n) is 4.43. The number of rotatable bonds is 9. The molecular formula is C28H29ClN2O9S. The summed E-state index contributed by atoms with van der Waals surface area (Å²) in [5.74, 6) is 0.742. The molecule has 0 amide bonds. The molecule has 1 aliphatic rings. The molecule has 6 atom stereocenters. The van der Waals surface area contributed by atoms with Crippen molar-refractivity contribution < 1.29 is 39.4 Å². The Hall–Kier alpha value is -3.07. The van der Waals surface area contributed by atoms with Crippen LogP contribution < -0.4 is 15.0 Å². The third-order valence-electron chi connectivity index (χ3n) is 6.68. The highest BCUT2D eigenvalue weighted by Gasteiger charge is 2.44. The molecule has 0 bridgehead atoms. The van der Waals surface area contributed by atoms with Gasteiger partial charge < -0.3 is 39.4 Å². The first kappa shape index (κ1) is 29.4. The van der Waals surface area contributed by atoms with Crippen LogP contribution in [0.3, 0.4) is 0 Å². The zero-order valence-electron chi connectivity index (χ0n) is 22.1. The van der Waals surface area contributed by atoms with Crippen LogP contribution >= 0.6 is 22.9 Å². The van der Waals surface area contributed by atoms with Crippen LogP contribution in [0.4, 0.5) is 0 Å². The van der Waals surface area contributed by atoms with E-state index in [1.165, 1.54) is 29.3 Å². The second-order valence-electron chi connectivity index (χ2n) is 9.54. The van der Waals surface area contributed by atoms with Crippen LogP contribution in [-0.2, 0) is 9.47 Å². The largest absolute Gasteiger partial charge is 0.493 e. The van der Waals surface area contributed by atoms with Crippen molar-refractivity contribution in [2.45, 2.75) is 43.7 Å². The van der Waals surface area contributed by atoms with E-state index in [0.717, 1.165) is 10.4 Å². The molecule has 0 radical (unpaired) electrons. The summed E-state index contributed by atoms with van der Waals surface area (Å²) < 4.78 is 24.3. The number of nitrogens with zero attached hydrogens (tertiary/aromatic N) is 2. The molecule has 13 heteroatoms. The summed E-state index contributed by atoms with van der Waals surface area (Å²) in [6.07, 6.45) is -6.04. The fourth-order valence-corrected chi connectivity index (χ4v) is 5.61. The van der Waals surface area contributed by atoms with Crippen molar-refractivity contribution in [3.8, 4) is 27.6 Å². The van der Waals surface area contributed by atoms with Gasteiger partial charge in [0.2, 0.25) is 0 Å². The number of aromatic nitrogens is 2. The van der Waals surface area contributed by atoms with E-state index in [1.807, 2.05) is 18.2 Å². The highest BCUT2D eigenvalue weighted by Crippen LogP contribution is 2.33. The van der Waals surface area contributed by atoms with E-state index < -0.39 is 43.4 Å². The van der Waals surface area contributed by atoms with Gasteiger partial charge in [-0.05, 0) is 42.8 Å². The number of benzene rings is 2. The smallest absolute Gasteiger partial charge is 0.275 e. The van der Waals surface area contributed by atoms with E-state index in [9.17, 15) is 25.2 Å². The van der Waals surface area contributed by atoms with E-state index in [-0.39, 0.29) is 12.2 Å². The predicted molar refractivity (Wildman–Crippen MR) is 152 cm³/mol. The van der Waals surface area contributed by atoms with Crippen molar-refractivity contribution in [2.75, 3.05) is 20.3 Å². The van der Waals surface area contributed by atoms with Crippen molar-refractivity contribution in [1.82, 2.24) is 9.55 Å². The molecule has 2 aromatic carbocycles. The van der Waals surface area contributed by atoms with Gasteiger partial charge in [0.05, 0.1) is 31.0 Å². The van der Waals surface area contributed by atoms with Crippen LogP contribution in [0.25, 0.3) is 26.3 Å². The summed E-state index contributed by atoms with van der Waals surface area (Å²) >= 11 is 7.35. The first-order valence-corrected chi connectivity index (χ1v) is 13.9. The van der Waals surface area contributed by atoms with Gasteiger partial charge in [0.15, 0.2) is 17.8 Å². The van der Waals surface area contributed by atoms with E-state index in [1.54, 1.807) is 37.3 Å². The molecule has 0 saturated carbocycles. The van der Waals surface area contributed by atoms with Gasteiger partial charge in [0.25, 0.3) is 5.56 Å². The molecule has 1 aliphatic heterocycles. The number of methoxy groups -OCH3 is 1. The lowest BCUT2D eigenvalue weighted by molar-refractivity contribution is -0.311. The summed E-state index contributed by atoms with van der Waals surface area (Å²) in [5.41, 5.74) is 1.84. The van der Waals surface area contributed by atoms with E-state index in [4.69, 9.17) is 30.5 Å². The number of ether oxygens (including phenoxy) is 4. The van der Waals surface area contributed by atoms with Crippen LogP contribution in [0.1, 0.15) is 6.92 Å². The van der Waals surface area contributed by atoms with Crippen LogP contribution in [0.5, 0.6) is 11.5 Å². The van der Waals surface area contributed by atoms with Gasteiger partial charge in [0.1, 0.15) is 42.0 Å². The Balaban J connectivity index is 1.30. The molecule has 1 saturated heterocycles. The topological polar surface area (TPSA) is 153 Å². The first-order valence-electron chi connectivity index (χ1n) is 12.7. The average Bonchev–Trinajstić information content (AvgIpc) is 3.42. The summed E-state index contributed by atoms with van der Waals surface area (Å²) in [6, 6.07) is 14.3. The maximum Gasteiger partial charge on any atom is 0.275 e. The second-order valence-corrected chi connectivity index (χ2v) is 11.0. The Morgan fingerprint density at radius 2 is 1.83 bits per heavy atom. The summed E-state index contributed by atoms with van der Waals surface area (Å²) in [6.45, 7) is 1.13. The second kappa shape index (κ2) is 12.4. The molecular weight excluding hydrogens is 576 g/mol. The Morgan fingerprint density at radius 3 is 2.54 bits per heavy atom. The van der Waals surface area contributed by atoms with Gasteiger partial charge >= 0.3 is 0 Å². The summed E-state index contributed by atoms with van der Waals surface area (Å²) in [7, 11) is 1.47. The zero-order valence-corrected chi connectivity index (χ0v) is 23.7. The SMILES string of the molecule is COc1cc(-n2cnc3cc(-c4ccc(Cl)cc4)sc3c2=O)ccc1OCC(C)O[C@H]1O[C@H](CO)[C@@H](O)[C@H](O)[C@H]1O. The number of aliphatic hydroxyl groups excluding tert-OH is 4. The van der Waals surface area contributed by atoms with E-state index in [2.05, 4.69) is 4.98 Å². The molecule has 218 valence electrons. The molecule has 11 nitrogen and oxygen atoms in total. The van der Waals surface area contributed by atoms with Crippen molar-refractivity contribution in [3.63, 3.8) is 0 Å². The molecule has 4 aromatic rings. The third kappa shape index (κ3) is 6.10. The monoisotopic (exact) mass is 604 g/mol. The van der Waals surface area contributed by atoms with Crippen LogP contribution in [0.15, 0.2) is 59.7 Å². The van der Waals surface area contributed by atoms with E-state index in [0.29, 0.717) is 32.4 Å². The number of thiophene rings is 1.